The van der Waals surface area contributed by atoms with Crippen LogP contribution in [0.25, 0.3) is 0 Å². The zero-order chi connectivity index (χ0) is 55.8. The van der Waals surface area contributed by atoms with Gasteiger partial charge in [0.25, 0.3) is 0 Å². The lowest BCUT2D eigenvalue weighted by molar-refractivity contribution is -0.143. The lowest BCUT2D eigenvalue weighted by Crippen LogP contribution is -2.42. The second-order valence-corrected chi connectivity index (χ2v) is 31.3. The van der Waals surface area contributed by atoms with Crippen molar-refractivity contribution in [3.63, 3.8) is 0 Å². The molecule has 0 saturated heterocycles. The molecule has 0 heterocycles. The Morgan fingerprint density at radius 1 is 0.359 bits per heavy atom. The molecular formula is C72H80O4Si2. The number of hydrogen-bond acceptors (Lipinski definition) is 4. The van der Waals surface area contributed by atoms with E-state index < -0.39 is 16.6 Å². The van der Waals surface area contributed by atoms with E-state index in [1.165, 1.54) is 12.8 Å². The smallest absolute Gasteiger partial charge is 0.305 e. The van der Waals surface area contributed by atoms with Gasteiger partial charge in [-0.15, -0.1) is 0 Å². The number of unbranched alkanes of at least 4 members (excludes halogenated alkanes) is 9. The molecule has 4 nitrogen and oxygen atoms in total. The largest absolute Gasteiger partial charge is 0.491 e. The predicted molar refractivity (Wildman–Crippen MR) is 331 cm³/mol. The fourth-order valence-electron chi connectivity index (χ4n) is 8.92. The van der Waals surface area contributed by atoms with Gasteiger partial charge in [-0.05, 0) is 153 Å². The van der Waals surface area contributed by atoms with Crippen LogP contribution in [0.4, 0.5) is 0 Å². The first-order valence-corrected chi connectivity index (χ1v) is 34.7. The minimum Gasteiger partial charge on any atom is -0.491 e. The van der Waals surface area contributed by atoms with Gasteiger partial charge in [-0.25, -0.2) is 0 Å². The summed E-state index contributed by atoms with van der Waals surface area (Å²) in [4.78, 5) is 12.4. The van der Waals surface area contributed by atoms with Gasteiger partial charge in [0.15, 0.2) is 22.4 Å². The third-order valence-corrected chi connectivity index (χ3v) is 19.4. The molecule has 0 aliphatic rings. The highest BCUT2D eigenvalue weighted by Crippen LogP contribution is 2.34. The Morgan fingerprint density at radius 2 is 0.654 bits per heavy atom. The highest BCUT2D eigenvalue weighted by Gasteiger charge is 2.29. The standard InChI is InChI=1S/C72H80O4Si2/c1-56-23-33-61(34-24-56)43-48-66-67(49-44-62-35-25-57(2)26-36-62)69(51-46-64-39-29-59(4)30-40-64)72(70(52-47-65-41-31-60(5)32-42-65)68(66)50-45-63-37-27-58(3)28-38-63)75-54-20-17-15-13-11-12-14-16-19-53-74-71(73)22-18-21-55-78(9,10)76-77(6,7)8/h23-42H,11-22,53-55H2,1-10H3. The second-order valence-electron chi connectivity index (χ2n) is 22.2. The molecule has 0 amide bonds. The monoisotopic (exact) mass is 1060 g/mol. The minimum atomic E-state index is -1.67. The number of ether oxygens (including phenoxy) is 2. The van der Waals surface area contributed by atoms with Crippen LogP contribution in [0.15, 0.2) is 121 Å². The summed E-state index contributed by atoms with van der Waals surface area (Å²) >= 11 is 0. The Bertz CT molecular complexity index is 3090. The van der Waals surface area contributed by atoms with Gasteiger partial charge in [-0.3, -0.25) is 4.79 Å². The summed E-state index contributed by atoms with van der Waals surface area (Å²) in [6.45, 7) is 22.7. The third kappa shape index (κ3) is 21.3. The minimum absolute atomic E-state index is 0.0676. The van der Waals surface area contributed by atoms with Gasteiger partial charge >= 0.3 is 5.97 Å². The third-order valence-electron chi connectivity index (χ3n) is 13.2. The molecule has 6 heteroatoms. The number of rotatable bonds is 20. The molecule has 78 heavy (non-hydrogen) atoms. The van der Waals surface area contributed by atoms with Crippen LogP contribution in [0.2, 0.25) is 38.8 Å². The van der Waals surface area contributed by atoms with Gasteiger partial charge in [0.05, 0.1) is 41.0 Å². The topological polar surface area (TPSA) is 44.8 Å². The average molecular weight is 1070 g/mol. The van der Waals surface area contributed by atoms with E-state index in [1.807, 2.05) is 60.7 Å². The lowest BCUT2D eigenvalue weighted by atomic mass is 9.89. The molecule has 0 fully saturated rings. The van der Waals surface area contributed by atoms with E-state index in [-0.39, 0.29) is 5.97 Å². The SMILES string of the molecule is Cc1ccc(C#Cc2c(C#Cc3ccc(C)cc3)c(C#Cc3ccc(C)cc3)c(OCCCCCCCCCCCOC(=O)CCCC[Si](C)(C)O[Si](C)(C)C)c(C#Cc3ccc(C)cc3)c2C#Cc2ccc(C)cc2)cc1. The Labute approximate surface area is 471 Å². The van der Waals surface area contributed by atoms with Crippen molar-refractivity contribution in [2.75, 3.05) is 13.2 Å². The number of hydrogen-bond donors (Lipinski definition) is 0. The van der Waals surface area contributed by atoms with E-state index >= 15 is 0 Å². The molecule has 0 saturated carbocycles. The maximum Gasteiger partial charge on any atom is 0.305 e. The predicted octanol–water partition coefficient (Wildman–Crippen LogP) is 16.9. The van der Waals surface area contributed by atoms with Crippen molar-refractivity contribution in [2.45, 2.75) is 150 Å². The summed E-state index contributed by atoms with van der Waals surface area (Å²) in [5.74, 6) is 35.9. The maximum absolute atomic E-state index is 12.4. The summed E-state index contributed by atoms with van der Waals surface area (Å²) in [5, 5.41) is 0. The van der Waals surface area contributed by atoms with Gasteiger partial charge in [0, 0.05) is 34.2 Å². The number of carbonyl (C=O) groups is 1. The molecule has 0 aliphatic carbocycles. The maximum atomic E-state index is 12.4. The molecular weight excluding hydrogens is 985 g/mol. The number of benzene rings is 6. The zero-order valence-corrected chi connectivity index (χ0v) is 50.3. The van der Waals surface area contributed by atoms with Crippen LogP contribution in [0.1, 0.15) is 161 Å². The summed E-state index contributed by atoms with van der Waals surface area (Å²) in [7, 11) is -3.21. The zero-order valence-electron chi connectivity index (χ0n) is 48.3. The van der Waals surface area contributed by atoms with E-state index in [1.54, 1.807) is 0 Å². The van der Waals surface area contributed by atoms with Crippen molar-refractivity contribution in [3.05, 3.63) is 205 Å². The molecule has 400 valence electrons. The second kappa shape index (κ2) is 30.7. The van der Waals surface area contributed by atoms with E-state index in [9.17, 15) is 4.79 Å². The van der Waals surface area contributed by atoms with Crippen LogP contribution in [0.5, 0.6) is 5.75 Å². The van der Waals surface area contributed by atoms with E-state index in [0.717, 1.165) is 119 Å². The van der Waals surface area contributed by atoms with Crippen molar-refractivity contribution in [2.24, 2.45) is 0 Å². The van der Waals surface area contributed by atoms with Gasteiger partial charge in [-0.2, -0.15) is 0 Å². The molecule has 0 atom stereocenters. The summed E-state index contributed by atoms with van der Waals surface area (Å²) in [6, 6.07) is 42.4. The van der Waals surface area contributed by atoms with Crippen LogP contribution < -0.4 is 4.74 Å². The van der Waals surface area contributed by atoms with Crippen molar-refractivity contribution < 1.29 is 18.4 Å². The van der Waals surface area contributed by atoms with Crippen molar-refractivity contribution in [1.82, 2.24) is 0 Å². The van der Waals surface area contributed by atoms with E-state index in [2.05, 4.69) is 187 Å². The number of esters is 1. The number of carbonyl (C=O) groups excluding carboxylic acids is 1. The Kier molecular flexibility index (Phi) is 23.6. The average Bonchev–Trinajstić information content (AvgIpc) is 3.48. The first-order valence-electron chi connectivity index (χ1n) is 28.2. The molecule has 0 aromatic heterocycles. The van der Waals surface area contributed by atoms with Crippen molar-refractivity contribution in [1.29, 1.82) is 0 Å². The van der Waals surface area contributed by atoms with Gasteiger partial charge in [-0.1, -0.05) is 199 Å². The Morgan fingerprint density at radius 3 is 0.987 bits per heavy atom. The van der Waals surface area contributed by atoms with Gasteiger partial charge < -0.3 is 13.6 Å². The Hall–Kier alpha value is -7.22. The van der Waals surface area contributed by atoms with Gasteiger partial charge in [0.1, 0.15) is 0 Å². The van der Waals surface area contributed by atoms with Crippen LogP contribution in [-0.4, -0.2) is 35.8 Å². The highest BCUT2D eigenvalue weighted by atomic mass is 28.4. The molecule has 6 aromatic carbocycles. The molecule has 6 aromatic rings. The van der Waals surface area contributed by atoms with E-state index in [4.69, 9.17) is 13.6 Å². The first kappa shape index (κ1) is 60.0. The van der Waals surface area contributed by atoms with Gasteiger partial charge in [0.2, 0.25) is 0 Å². The highest BCUT2D eigenvalue weighted by molar-refractivity contribution is 6.84. The molecule has 0 bridgehead atoms. The Balaban J connectivity index is 1.26. The fraction of sp³-hybridized carbons (Fsp3) is 0.347. The van der Waals surface area contributed by atoms with Crippen molar-refractivity contribution >= 4 is 22.6 Å². The summed E-state index contributed by atoms with van der Waals surface area (Å²) in [5.41, 5.74) is 13.4. The summed E-state index contributed by atoms with van der Waals surface area (Å²) in [6.07, 6.45) is 12.0. The van der Waals surface area contributed by atoms with E-state index in [0.29, 0.717) is 53.2 Å². The quantitative estimate of drug-likeness (QED) is 0.0331. The molecule has 0 unspecified atom stereocenters. The van der Waals surface area contributed by atoms with Crippen LogP contribution >= 0.6 is 0 Å². The molecule has 6 rings (SSSR count). The normalized spacial score (nSPS) is 10.8. The number of aryl methyl sites for hydroxylation is 5. The summed E-state index contributed by atoms with van der Waals surface area (Å²) < 4.78 is 19.1. The van der Waals surface area contributed by atoms with Crippen LogP contribution in [-0.2, 0) is 13.6 Å². The molecule has 0 N–H and O–H groups in total. The van der Waals surface area contributed by atoms with Crippen LogP contribution in [0, 0.1) is 93.8 Å². The van der Waals surface area contributed by atoms with Crippen molar-refractivity contribution in [3.8, 4) is 65.0 Å². The lowest BCUT2D eigenvalue weighted by Gasteiger charge is -2.31. The molecule has 0 aliphatic heterocycles. The fourth-order valence-corrected chi connectivity index (χ4v) is 17.1. The first-order chi connectivity index (χ1) is 37.5. The van der Waals surface area contributed by atoms with Crippen LogP contribution in [0.3, 0.4) is 0 Å². The molecule has 0 radical (unpaired) electrons. The molecule has 0 spiro atoms.